The van der Waals surface area contributed by atoms with E-state index in [9.17, 15) is 0 Å². The average Bonchev–Trinajstić information content (AvgIpc) is 2.38. The first-order valence-corrected chi connectivity index (χ1v) is 5.78. The van der Waals surface area contributed by atoms with Gasteiger partial charge in [-0.05, 0) is 38.6 Å². The summed E-state index contributed by atoms with van der Waals surface area (Å²) in [6.07, 6.45) is 0. The SMILES string of the molecule is COc1ccc(CN(C)C(C)(C)C#N)cc1OC. The molecule has 0 fully saturated rings. The summed E-state index contributed by atoms with van der Waals surface area (Å²) in [6, 6.07) is 8.07. The van der Waals surface area contributed by atoms with Crippen LogP contribution in [0.1, 0.15) is 19.4 Å². The van der Waals surface area contributed by atoms with Gasteiger partial charge in [0.05, 0.1) is 20.3 Å². The maximum atomic E-state index is 9.09. The standard InChI is InChI=1S/C14H20N2O2/c1-14(2,10-15)16(3)9-11-6-7-12(17-4)13(8-11)18-5/h6-8H,9H2,1-5H3. The number of nitriles is 1. The highest BCUT2D eigenvalue weighted by atomic mass is 16.5. The number of benzene rings is 1. The summed E-state index contributed by atoms with van der Waals surface area (Å²) < 4.78 is 10.5. The van der Waals surface area contributed by atoms with Crippen molar-refractivity contribution in [3.8, 4) is 17.6 Å². The van der Waals surface area contributed by atoms with Crippen LogP contribution in [0.3, 0.4) is 0 Å². The fourth-order valence-electron chi connectivity index (χ4n) is 1.54. The first-order valence-electron chi connectivity index (χ1n) is 5.78. The Hall–Kier alpha value is -1.73. The molecule has 0 heterocycles. The lowest BCUT2D eigenvalue weighted by molar-refractivity contribution is 0.202. The molecule has 1 rings (SSSR count). The molecule has 0 atom stereocenters. The quantitative estimate of drug-likeness (QED) is 0.803. The lowest BCUT2D eigenvalue weighted by Crippen LogP contribution is -2.38. The van der Waals surface area contributed by atoms with Crippen LogP contribution in [-0.2, 0) is 6.54 Å². The molecule has 4 nitrogen and oxygen atoms in total. The van der Waals surface area contributed by atoms with Crippen molar-refractivity contribution in [3.05, 3.63) is 23.8 Å². The molecule has 0 aliphatic carbocycles. The molecule has 98 valence electrons. The minimum atomic E-state index is -0.493. The number of methoxy groups -OCH3 is 2. The molecule has 0 radical (unpaired) electrons. The van der Waals surface area contributed by atoms with Gasteiger partial charge in [-0.2, -0.15) is 5.26 Å². The third-order valence-corrected chi connectivity index (χ3v) is 3.10. The van der Waals surface area contributed by atoms with Crippen LogP contribution in [0.2, 0.25) is 0 Å². The van der Waals surface area contributed by atoms with E-state index in [-0.39, 0.29) is 0 Å². The van der Waals surface area contributed by atoms with Gasteiger partial charge in [0.2, 0.25) is 0 Å². The number of hydrogen-bond acceptors (Lipinski definition) is 4. The van der Waals surface area contributed by atoms with E-state index in [0.29, 0.717) is 18.0 Å². The van der Waals surface area contributed by atoms with Crippen LogP contribution in [0.5, 0.6) is 11.5 Å². The Kier molecular flexibility index (Phi) is 4.57. The molecule has 0 aliphatic heterocycles. The van der Waals surface area contributed by atoms with E-state index in [1.54, 1.807) is 14.2 Å². The molecule has 0 aromatic heterocycles. The highest BCUT2D eigenvalue weighted by Crippen LogP contribution is 2.28. The summed E-state index contributed by atoms with van der Waals surface area (Å²) in [5, 5.41) is 9.09. The van der Waals surface area contributed by atoms with E-state index in [2.05, 4.69) is 6.07 Å². The van der Waals surface area contributed by atoms with Crippen LogP contribution in [0, 0.1) is 11.3 Å². The second-order valence-electron chi connectivity index (χ2n) is 4.72. The smallest absolute Gasteiger partial charge is 0.161 e. The molecule has 0 saturated heterocycles. The fourth-order valence-corrected chi connectivity index (χ4v) is 1.54. The van der Waals surface area contributed by atoms with E-state index in [4.69, 9.17) is 14.7 Å². The van der Waals surface area contributed by atoms with Crippen molar-refractivity contribution in [3.63, 3.8) is 0 Å². The Bertz CT molecular complexity index is 450. The minimum Gasteiger partial charge on any atom is -0.493 e. The van der Waals surface area contributed by atoms with Crippen LogP contribution < -0.4 is 9.47 Å². The minimum absolute atomic E-state index is 0.493. The van der Waals surface area contributed by atoms with Gasteiger partial charge in [-0.1, -0.05) is 6.07 Å². The molecule has 18 heavy (non-hydrogen) atoms. The molecule has 0 amide bonds. The summed E-state index contributed by atoms with van der Waals surface area (Å²) in [4.78, 5) is 1.99. The van der Waals surface area contributed by atoms with Crippen molar-refractivity contribution >= 4 is 0 Å². The van der Waals surface area contributed by atoms with Gasteiger partial charge in [0.15, 0.2) is 11.5 Å². The van der Waals surface area contributed by atoms with Crippen molar-refractivity contribution < 1.29 is 9.47 Å². The van der Waals surface area contributed by atoms with Gasteiger partial charge in [-0.25, -0.2) is 0 Å². The largest absolute Gasteiger partial charge is 0.493 e. The number of nitrogens with zero attached hydrogens (tertiary/aromatic N) is 2. The van der Waals surface area contributed by atoms with Crippen LogP contribution in [-0.4, -0.2) is 31.7 Å². The van der Waals surface area contributed by atoms with Crippen molar-refractivity contribution in [2.45, 2.75) is 25.9 Å². The third kappa shape index (κ3) is 3.14. The lowest BCUT2D eigenvalue weighted by Gasteiger charge is -2.29. The van der Waals surface area contributed by atoms with Gasteiger partial charge in [0.1, 0.15) is 5.54 Å². The molecule has 0 saturated carbocycles. The van der Waals surface area contributed by atoms with E-state index < -0.39 is 5.54 Å². The molecule has 1 aromatic carbocycles. The van der Waals surface area contributed by atoms with Gasteiger partial charge in [-0.15, -0.1) is 0 Å². The molecular weight excluding hydrogens is 228 g/mol. The highest BCUT2D eigenvalue weighted by molar-refractivity contribution is 5.42. The summed E-state index contributed by atoms with van der Waals surface area (Å²) in [6.45, 7) is 4.47. The number of ether oxygens (including phenoxy) is 2. The second-order valence-corrected chi connectivity index (χ2v) is 4.72. The Balaban J connectivity index is 2.90. The Morgan fingerprint density at radius 2 is 1.83 bits per heavy atom. The molecule has 0 aliphatic rings. The van der Waals surface area contributed by atoms with E-state index in [1.807, 2.05) is 44.0 Å². The molecule has 0 N–H and O–H groups in total. The molecular formula is C14H20N2O2. The first-order chi connectivity index (χ1) is 8.44. The molecule has 1 aromatic rings. The van der Waals surface area contributed by atoms with Crippen molar-refractivity contribution in [2.24, 2.45) is 0 Å². The zero-order valence-electron chi connectivity index (χ0n) is 11.7. The monoisotopic (exact) mass is 248 g/mol. The van der Waals surface area contributed by atoms with Gasteiger partial charge in [0, 0.05) is 6.54 Å². The predicted octanol–water partition coefficient (Wildman–Crippen LogP) is 2.44. The van der Waals surface area contributed by atoms with Gasteiger partial charge >= 0.3 is 0 Å². The van der Waals surface area contributed by atoms with Gasteiger partial charge < -0.3 is 9.47 Å². The maximum Gasteiger partial charge on any atom is 0.161 e. The zero-order chi connectivity index (χ0) is 13.8. The zero-order valence-corrected chi connectivity index (χ0v) is 11.7. The van der Waals surface area contributed by atoms with Gasteiger partial charge in [0.25, 0.3) is 0 Å². The fraction of sp³-hybridized carbons (Fsp3) is 0.500. The summed E-state index contributed by atoms with van der Waals surface area (Å²) in [5.41, 5.74) is 0.589. The Morgan fingerprint density at radius 3 is 2.33 bits per heavy atom. The highest BCUT2D eigenvalue weighted by Gasteiger charge is 2.22. The van der Waals surface area contributed by atoms with Crippen LogP contribution in [0.25, 0.3) is 0 Å². The molecule has 0 spiro atoms. The maximum absolute atomic E-state index is 9.09. The van der Waals surface area contributed by atoms with Crippen LogP contribution in [0.15, 0.2) is 18.2 Å². The molecule has 0 bridgehead atoms. The van der Waals surface area contributed by atoms with E-state index in [0.717, 1.165) is 5.56 Å². The normalized spacial score (nSPS) is 11.2. The number of rotatable bonds is 5. The molecule has 0 unspecified atom stereocenters. The van der Waals surface area contributed by atoms with Gasteiger partial charge in [-0.3, -0.25) is 4.90 Å². The summed E-state index contributed by atoms with van der Waals surface area (Å²) >= 11 is 0. The van der Waals surface area contributed by atoms with E-state index in [1.165, 1.54) is 0 Å². The van der Waals surface area contributed by atoms with Crippen LogP contribution >= 0.6 is 0 Å². The first kappa shape index (κ1) is 14.3. The third-order valence-electron chi connectivity index (χ3n) is 3.10. The number of hydrogen-bond donors (Lipinski definition) is 0. The summed E-state index contributed by atoms with van der Waals surface area (Å²) in [7, 11) is 5.16. The molecule has 4 heteroatoms. The summed E-state index contributed by atoms with van der Waals surface area (Å²) in [5.74, 6) is 1.42. The average molecular weight is 248 g/mol. The van der Waals surface area contributed by atoms with E-state index >= 15 is 0 Å². The Morgan fingerprint density at radius 1 is 1.22 bits per heavy atom. The topological polar surface area (TPSA) is 45.5 Å². The Labute approximate surface area is 109 Å². The second kappa shape index (κ2) is 5.74. The van der Waals surface area contributed by atoms with Crippen molar-refractivity contribution in [1.29, 1.82) is 5.26 Å². The van der Waals surface area contributed by atoms with Crippen LogP contribution in [0.4, 0.5) is 0 Å². The van der Waals surface area contributed by atoms with Crippen molar-refractivity contribution in [1.82, 2.24) is 4.90 Å². The predicted molar refractivity (Wildman–Crippen MR) is 70.7 cm³/mol. The lowest BCUT2D eigenvalue weighted by atomic mass is 10.0. The van der Waals surface area contributed by atoms with Crippen molar-refractivity contribution in [2.75, 3.05) is 21.3 Å².